The highest BCUT2D eigenvalue weighted by molar-refractivity contribution is 7.18. The summed E-state index contributed by atoms with van der Waals surface area (Å²) in [4.78, 5) is 2.50. The molecule has 0 N–H and O–H groups in total. The van der Waals surface area contributed by atoms with Crippen molar-refractivity contribution >= 4 is 21.6 Å². The Kier molecular flexibility index (Phi) is 1.92. The molecule has 4 heteroatoms. The van der Waals surface area contributed by atoms with Crippen molar-refractivity contribution in [3.05, 3.63) is 16.1 Å². The molecule has 1 aliphatic carbocycles. The Morgan fingerprint density at radius 1 is 1.27 bits per heavy atom. The van der Waals surface area contributed by atoms with Crippen LogP contribution in [0.2, 0.25) is 0 Å². The third-order valence-corrected chi connectivity index (χ3v) is 4.13. The summed E-state index contributed by atoms with van der Waals surface area (Å²) < 4.78 is 5.45. The summed E-state index contributed by atoms with van der Waals surface area (Å²) in [5, 5.41) is 9.58. The number of aryl methyl sites for hydroxylation is 3. The van der Waals surface area contributed by atoms with Crippen molar-refractivity contribution in [2.45, 2.75) is 26.2 Å². The van der Waals surface area contributed by atoms with Gasteiger partial charge in [0, 0.05) is 4.88 Å². The fraction of sp³-hybridized carbons (Fsp3) is 0.455. The van der Waals surface area contributed by atoms with Crippen molar-refractivity contribution in [3.8, 4) is 5.75 Å². The van der Waals surface area contributed by atoms with E-state index >= 15 is 0 Å². The van der Waals surface area contributed by atoms with Gasteiger partial charge in [-0.3, -0.25) is 0 Å². The minimum absolute atomic E-state index is 0.887. The number of fused-ring (bicyclic) bond motifs is 3. The number of ether oxygens (including phenoxy) is 1. The van der Waals surface area contributed by atoms with Crippen LogP contribution in [0, 0.1) is 6.92 Å². The van der Waals surface area contributed by atoms with Crippen LogP contribution in [-0.2, 0) is 12.8 Å². The zero-order valence-corrected chi connectivity index (χ0v) is 9.65. The molecule has 0 unspecified atom stereocenters. The summed E-state index contributed by atoms with van der Waals surface area (Å²) in [5.74, 6) is 0.916. The maximum absolute atomic E-state index is 5.45. The minimum atomic E-state index is 0.887. The molecule has 0 amide bonds. The van der Waals surface area contributed by atoms with Crippen LogP contribution in [0.25, 0.3) is 10.2 Å². The molecule has 0 saturated carbocycles. The van der Waals surface area contributed by atoms with E-state index in [1.165, 1.54) is 28.7 Å². The van der Waals surface area contributed by atoms with E-state index < -0.39 is 0 Å². The molecule has 0 saturated heterocycles. The quantitative estimate of drug-likeness (QED) is 0.740. The SMILES string of the molecule is COc1c(C)nnc2sc3c(c12)CCC3. The summed E-state index contributed by atoms with van der Waals surface area (Å²) in [6.07, 6.45) is 3.62. The normalized spacial score (nSPS) is 14.5. The van der Waals surface area contributed by atoms with Gasteiger partial charge in [-0.15, -0.1) is 16.4 Å². The van der Waals surface area contributed by atoms with Gasteiger partial charge in [-0.2, -0.15) is 5.10 Å². The Labute approximate surface area is 92.1 Å². The number of methoxy groups -OCH3 is 1. The molecule has 3 rings (SSSR count). The second-order valence-corrected chi connectivity index (χ2v) is 4.94. The maximum atomic E-state index is 5.45. The van der Waals surface area contributed by atoms with E-state index in [0.717, 1.165) is 22.7 Å². The Balaban J connectivity index is 2.41. The summed E-state index contributed by atoms with van der Waals surface area (Å²) >= 11 is 1.77. The van der Waals surface area contributed by atoms with Crippen molar-refractivity contribution in [2.75, 3.05) is 7.11 Å². The lowest BCUT2D eigenvalue weighted by Crippen LogP contribution is -1.94. The molecule has 0 aliphatic heterocycles. The van der Waals surface area contributed by atoms with Crippen LogP contribution in [0.4, 0.5) is 0 Å². The lowest BCUT2D eigenvalue weighted by Gasteiger charge is -2.05. The molecule has 0 aromatic carbocycles. The van der Waals surface area contributed by atoms with Gasteiger partial charge in [0.05, 0.1) is 12.5 Å². The number of hydrogen-bond donors (Lipinski definition) is 0. The molecule has 3 nitrogen and oxygen atoms in total. The number of hydrogen-bond acceptors (Lipinski definition) is 4. The monoisotopic (exact) mass is 220 g/mol. The van der Waals surface area contributed by atoms with Crippen LogP contribution in [0.1, 0.15) is 22.6 Å². The highest BCUT2D eigenvalue weighted by Crippen LogP contribution is 2.41. The summed E-state index contributed by atoms with van der Waals surface area (Å²) in [5.41, 5.74) is 2.34. The van der Waals surface area contributed by atoms with E-state index in [9.17, 15) is 0 Å². The van der Waals surface area contributed by atoms with Crippen LogP contribution >= 0.6 is 11.3 Å². The van der Waals surface area contributed by atoms with E-state index in [1.807, 2.05) is 6.92 Å². The Hall–Kier alpha value is -1.16. The minimum Gasteiger partial charge on any atom is -0.494 e. The van der Waals surface area contributed by atoms with E-state index in [1.54, 1.807) is 18.4 Å². The third-order valence-electron chi connectivity index (χ3n) is 2.95. The number of nitrogens with zero attached hydrogens (tertiary/aromatic N) is 2. The molecule has 0 atom stereocenters. The molecule has 2 aromatic rings. The fourth-order valence-corrected chi connectivity index (χ4v) is 3.50. The Bertz CT molecular complexity index is 533. The van der Waals surface area contributed by atoms with E-state index in [4.69, 9.17) is 4.74 Å². The summed E-state index contributed by atoms with van der Waals surface area (Å²) in [6, 6.07) is 0. The van der Waals surface area contributed by atoms with E-state index in [-0.39, 0.29) is 0 Å². The summed E-state index contributed by atoms with van der Waals surface area (Å²) in [6.45, 7) is 1.95. The predicted octanol–water partition coefficient (Wildman–Crippen LogP) is 2.50. The van der Waals surface area contributed by atoms with Crippen LogP contribution < -0.4 is 4.74 Å². The molecule has 15 heavy (non-hydrogen) atoms. The predicted molar refractivity (Wildman–Crippen MR) is 60.7 cm³/mol. The average Bonchev–Trinajstić information content (AvgIpc) is 2.78. The first kappa shape index (κ1) is 9.09. The van der Waals surface area contributed by atoms with Gasteiger partial charge < -0.3 is 4.74 Å². The van der Waals surface area contributed by atoms with Crippen molar-refractivity contribution in [3.63, 3.8) is 0 Å². The van der Waals surface area contributed by atoms with Gasteiger partial charge in [0.25, 0.3) is 0 Å². The van der Waals surface area contributed by atoms with E-state index in [0.29, 0.717) is 0 Å². The van der Waals surface area contributed by atoms with Crippen LogP contribution in [0.3, 0.4) is 0 Å². The van der Waals surface area contributed by atoms with Gasteiger partial charge in [0.1, 0.15) is 10.5 Å². The van der Waals surface area contributed by atoms with Gasteiger partial charge in [-0.1, -0.05) is 0 Å². The number of thiophene rings is 1. The molecule has 0 fully saturated rings. The van der Waals surface area contributed by atoms with Gasteiger partial charge >= 0.3 is 0 Å². The van der Waals surface area contributed by atoms with Gasteiger partial charge in [0.15, 0.2) is 5.75 Å². The van der Waals surface area contributed by atoms with Gasteiger partial charge in [0.2, 0.25) is 0 Å². The van der Waals surface area contributed by atoms with Crippen LogP contribution in [0.5, 0.6) is 5.75 Å². The van der Waals surface area contributed by atoms with Crippen LogP contribution in [-0.4, -0.2) is 17.3 Å². The molecular weight excluding hydrogens is 208 g/mol. The van der Waals surface area contributed by atoms with Crippen molar-refractivity contribution < 1.29 is 4.74 Å². The zero-order valence-electron chi connectivity index (χ0n) is 8.83. The molecular formula is C11H12N2OS. The smallest absolute Gasteiger partial charge is 0.152 e. The molecule has 2 heterocycles. The maximum Gasteiger partial charge on any atom is 0.152 e. The van der Waals surface area contributed by atoms with Gasteiger partial charge in [-0.25, -0.2) is 0 Å². The molecule has 2 aromatic heterocycles. The Morgan fingerprint density at radius 3 is 2.93 bits per heavy atom. The first-order chi connectivity index (χ1) is 7.31. The second-order valence-electron chi connectivity index (χ2n) is 3.86. The zero-order chi connectivity index (χ0) is 10.4. The lowest BCUT2D eigenvalue weighted by atomic mass is 10.1. The Morgan fingerprint density at radius 2 is 2.13 bits per heavy atom. The van der Waals surface area contributed by atoms with Crippen molar-refractivity contribution in [2.24, 2.45) is 0 Å². The first-order valence-electron chi connectivity index (χ1n) is 5.12. The van der Waals surface area contributed by atoms with Crippen molar-refractivity contribution in [1.82, 2.24) is 10.2 Å². The average molecular weight is 220 g/mol. The molecule has 0 radical (unpaired) electrons. The number of aromatic nitrogens is 2. The van der Waals surface area contributed by atoms with Crippen molar-refractivity contribution in [1.29, 1.82) is 0 Å². The molecule has 78 valence electrons. The van der Waals surface area contributed by atoms with Crippen LogP contribution in [0.15, 0.2) is 0 Å². The summed E-state index contributed by atoms with van der Waals surface area (Å²) in [7, 11) is 1.71. The lowest BCUT2D eigenvalue weighted by molar-refractivity contribution is 0.413. The topological polar surface area (TPSA) is 35.0 Å². The first-order valence-corrected chi connectivity index (χ1v) is 5.94. The highest BCUT2D eigenvalue weighted by atomic mass is 32.1. The number of rotatable bonds is 1. The van der Waals surface area contributed by atoms with E-state index in [2.05, 4.69) is 10.2 Å². The second kappa shape index (κ2) is 3.17. The van der Waals surface area contributed by atoms with Gasteiger partial charge in [-0.05, 0) is 31.7 Å². The molecule has 0 spiro atoms. The molecule has 0 bridgehead atoms. The molecule has 1 aliphatic rings. The third kappa shape index (κ3) is 1.17. The largest absolute Gasteiger partial charge is 0.494 e. The fourth-order valence-electron chi connectivity index (χ4n) is 2.29. The standard InChI is InChI=1S/C11H12N2OS/c1-6-10(14-2)9-7-4-3-5-8(7)15-11(9)13-12-6/h3-5H2,1-2H3. The highest BCUT2D eigenvalue weighted by Gasteiger charge is 2.22.